The van der Waals surface area contributed by atoms with Crippen molar-refractivity contribution in [2.75, 3.05) is 0 Å². The Balaban J connectivity index is 2.32. The van der Waals surface area contributed by atoms with E-state index in [0.29, 0.717) is 4.77 Å². The van der Waals surface area contributed by atoms with Gasteiger partial charge in [-0.2, -0.15) is 0 Å². The molecule has 0 radical (unpaired) electrons. The van der Waals surface area contributed by atoms with Crippen molar-refractivity contribution >= 4 is 33.6 Å². The second-order valence-electron chi connectivity index (χ2n) is 3.30. The van der Waals surface area contributed by atoms with Crippen LogP contribution in [-0.2, 0) is 0 Å². The molecule has 0 saturated heterocycles. The third-order valence-corrected chi connectivity index (χ3v) is 3.55. The zero-order valence-electron chi connectivity index (χ0n) is 7.78. The van der Waals surface area contributed by atoms with Gasteiger partial charge in [-0.15, -0.1) is 11.3 Å². The molecule has 2 heterocycles. The van der Waals surface area contributed by atoms with E-state index in [0.717, 1.165) is 5.69 Å². The van der Waals surface area contributed by atoms with Crippen molar-refractivity contribution in [3.05, 3.63) is 40.6 Å². The minimum atomic E-state index is 0.667. The fourth-order valence-electron chi connectivity index (χ4n) is 1.66. The molecule has 0 aliphatic rings. The SMILES string of the molecule is S=c1[nH]cc(-c2csc3ccccc23)[nH]1. The van der Waals surface area contributed by atoms with Crippen LogP contribution in [0.3, 0.4) is 0 Å². The number of H-pyrrole nitrogens is 2. The fourth-order valence-corrected chi connectivity index (χ4v) is 2.79. The van der Waals surface area contributed by atoms with Gasteiger partial charge in [0.1, 0.15) is 0 Å². The maximum absolute atomic E-state index is 5.02. The zero-order chi connectivity index (χ0) is 10.3. The van der Waals surface area contributed by atoms with E-state index in [4.69, 9.17) is 12.2 Å². The summed E-state index contributed by atoms with van der Waals surface area (Å²) in [6.07, 6.45) is 1.91. The molecule has 0 amide bonds. The summed E-state index contributed by atoms with van der Waals surface area (Å²) in [4.78, 5) is 6.12. The summed E-state index contributed by atoms with van der Waals surface area (Å²) >= 11 is 6.77. The van der Waals surface area contributed by atoms with E-state index >= 15 is 0 Å². The second-order valence-corrected chi connectivity index (χ2v) is 4.62. The topological polar surface area (TPSA) is 31.6 Å². The highest BCUT2D eigenvalue weighted by Crippen LogP contribution is 2.32. The lowest BCUT2D eigenvalue weighted by atomic mass is 10.1. The molecular formula is C11H8N2S2. The first-order valence-corrected chi connectivity index (χ1v) is 5.88. The van der Waals surface area contributed by atoms with Crippen LogP contribution in [0.15, 0.2) is 35.8 Å². The molecule has 0 spiro atoms. The molecule has 0 aliphatic heterocycles. The van der Waals surface area contributed by atoms with Crippen LogP contribution in [0.1, 0.15) is 0 Å². The molecule has 4 heteroatoms. The third kappa shape index (κ3) is 1.42. The molecule has 0 bridgehead atoms. The van der Waals surface area contributed by atoms with Gasteiger partial charge >= 0.3 is 0 Å². The van der Waals surface area contributed by atoms with Crippen LogP contribution in [0.25, 0.3) is 21.3 Å². The van der Waals surface area contributed by atoms with Crippen LogP contribution >= 0.6 is 23.6 Å². The number of rotatable bonds is 1. The van der Waals surface area contributed by atoms with Gasteiger partial charge in [0, 0.05) is 27.2 Å². The van der Waals surface area contributed by atoms with Gasteiger partial charge in [-0.1, -0.05) is 18.2 Å². The van der Waals surface area contributed by atoms with E-state index in [9.17, 15) is 0 Å². The van der Waals surface area contributed by atoms with Crippen LogP contribution in [0.2, 0.25) is 0 Å². The van der Waals surface area contributed by atoms with Gasteiger partial charge in [0.2, 0.25) is 0 Å². The largest absolute Gasteiger partial charge is 0.337 e. The fraction of sp³-hybridized carbons (Fsp3) is 0. The molecule has 3 aromatic rings. The molecule has 2 nitrogen and oxygen atoms in total. The Bertz CT molecular complexity index is 660. The lowest BCUT2D eigenvalue weighted by molar-refractivity contribution is 1.27. The van der Waals surface area contributed by atoms with E-state index < -0.39 is 0 Å². The van der Waals surface area contributed by atoms with Crippen molar-refractivity contribution in [2.45, 2.75) is 0 Å². The summed E-state index contributed by atoms with van der Waals surface area (Å²) in [6, 6.07) is 8.37. The molecule has 0 aliphatic carbocycles. The van der Waals surface area contributed by atoms with E-state index in [1.54, 1.807) is 11.3 Å². The normalized spacial score (nSPS) is 10.9. The van der Waals surface area contributed by atoms with Crippen LogP contribution < -0.4 is 0 Å². The summed E-state index contributed by atoms with van der Waals surface area (Å²) < 4.78 is 1.97. The van der Waals surface area contributed by atoms with Gasteiger partial charge in [-0.3, -0.25) is 0 Å². The van der Waals surface area contributed by atoms with Gasteiger partial charge in [-0.05, 0) is 18.3 Å². The van der Waals surface area contributed by atoms with Crippen molar-refractivity contribution < 1.29 is 0 Å². The third-order valence-electron chi connectivity index (χ3n) is 2.37. The van der Waals surface area contributed by atoms with Crippen LogP contribution in [0, 0.1) is 4.77 Å². The van der Waals surface area contributed by atoms with E-state index in [2.05, 4.69) is 39.6 Å². The summed E-state index contributed by atoms with van der Waals surface area (Å²) in [5, 5.41) is 3.42. The maximum atomic E-state index is 5.02. The summed E-state index contributed by atoms with van der Waals surface area (Å²) in [7, 11) is 0. The number of fused-ring (bicyclic) bond motifs is 1. The molecular weight excluding hydrogens is 224 g/mol. The van der Waals surface area contributed by atoms with Crippen LogP contribution in [0.4, 0.5) is 0 Å². The first-order chi connectivity index (χ1) is 7.34. The molecule has 2 N–H and O–H groups in total. The number of nitrogens with one attached hydrogen (secondary N) is 2. The van der Waals surface area contributed by atoms with Crippen LogP contribution in [-0.4, -0.2) is 9.97 Å². The van der Waals surface area contributed by atoms with Crippen molar-refractivity contribution in [2.24, 2.45) is 0 Å². The standard InChI is InChI=1S/C11H8N2S2/c14-11-12-5-9(13-11)8-6-15-10-4-2-1-3-7(8)10/h1-6H,(H2,12,13,14). The maximum Gasteiger partial charge on any atom is 0.174 e. The number of aromatic nitrogens is 2. The number of hydrogen-bond acceptors (Lipinski definition) is 2. The molecule has 3 rings (SSSR count). The van der Waals surface area contributed by atoms with Crippen LogP contribution in [0.5, 0.6) is 0 Å². The van der Waals surface area contributed by atoms with Gasteiger partial charge in [0.25, 0.3) is 0 Å². The second kappa shape index (κ2) is 3.32. The molecule has 0 saturated carbocycles. The average molecular weight is 232 g/mol. The van der Waals surface area contributed by atoms with E-state index in [1.165, 1.54) is 15.6 Å². The Hall–Kier alpha value is -1.39. The highest BCUT2D eigenvalue weighted by Gasteiger charge is 2.06. The van der Waals surface area contributed by atoms with Crippen molar-refractivity contribution in [3.63, 3.8) is 0 Å². The molecule has 0 atom stereocenters. The Morgan fingerprint density at radius 3 is 2.87 bits per heavy atom. The first-order valence-electron chi connectivity index (χ1n) is 4.59. The first kappa shape index (κ1) is 8.88. The molecule has 2 aromatic heterocycles. The highest BCUT2D eigenvalue weighted by atomic mass is 32.1. The minimum absolute atomic E-state index is 0.667. The molecule has 15 heavy (non-hydrogen) atoms. The predicted octanol–water partition coefficient (Wildman–Crippen LogP) is 3.95. The molecule has 0 unspecified atom stereocenters. The summed E-state index contributed by atoms with van der Waals surface area (Å²) in [5.74, 6) is 0. The van der Waals surface area contributed by atoms with E-state index in [-0.39, 0.29) is 0 Å². The Kier molecular flexibility index (Phi) is 1.97. The lowest BCUT2D eigenvalue weighted by Crippen LogP contribution is -1.73. The summed E-state index contributed by atoms with van der Waals surface area (Å²) in [6.45, 7) is 0. The Labute approximate surface area is 95.6 Å². The van der Waals surface area contributed by atoms with Crippen molar-refractivity contribution in [1.82, 2.24) is 9.97 Å². The molecule has 74 valence electrons. The smallest absolute Gasteiger partial charge is 0.174 e. The highest BCUT2D eigenvalue weighted by molar-refractivity contribution is 7.71. The van der Waals surface area contributed by atoms with Gasteiger partial charge < -0.3 is 9.97 Å². The predicted molar refractivity (Wildman–Crippen MR) is 66.8 cm³/mol. The van der Waals surface area contributed by atoms with Crippen molar-refractivity contribution in [1.29, 1.82) is 0 Å². The van der Waals surface area contributed by atoms with E-state index in [1.807, 2.05) is 6.20 Å². The molecule has 0 fully saturated rings. The number of imidazole rings is 1. The zero-order valence-corrected chi connectivity index (χ0v) is 9.41. The minimum Gasteiger partial charge on any atom is -0.337 e. The average Bonchev–Trinajstić information content (AvgIpc) is 2.83. The van der Waals surface area contributed by atoms with Gasteiger partial charge in [0.05, 0.1) is 5.69 Å². The van der Waals surface area contributed by atoms with Gasteiger partial charge in [0.15, 0.2) is 4.77 Å². The number of aromatic amines is 2. The number of thiophene rings is 1. The quantitative estimate of drug-likeness (QED) is 0.611. The number of hydrogen-bond donors (Lipinski definition) is 2. The molecule has 1 aromatic carbocycles. The Morgan fingerprint density at radius 2 is 2.07 bits per heavy atom. The number of benzene rings is 1. The monoisotopic (exact) mass is 232 g/mol. The summed E-state index contributed by atoms with van der Waals surface area (Å²) in [5.41, 5.74) is 2.26. The van der Waals surface area contributed by atoms with Crippen molar-refractivity contribution in [3.8, 4) is 11.3 Å². The lowest BCUT2D eigenvalue weighted by Gasteiger charge is -1.93. The van der Waals surface area contributed by atoms with Gasteiger partial charge in [-0.25, -0.2) is 0 Å². The Morgan fingerprint density at radius 1 is 1.20 bits per heavy atom.